The van der Waals surface area contributed by atoms with Crippen molar-refractivity contribution in [2.75, 3.05) is 51.3 Å². The molecule has 154 valence electrons. The number of nitrogens with zero attached hydrogens (tertiary/aromatic N) is 2. The van der Waals surface area contributed by atoms with Gasteiger partial charge in [0.25, 0.3) is 0 Å². The summed E-state index contributed by atoms with van der Waals surface area (Å²) in [6.07, 6.45) is 2.78. The van der Waals surface area contributed by atoms with Crippen LogP contribution in [0.15, 0.2) is 41.4 Å². The molecule has 2 aliphatic heterocycles. The van der Waals surface area contributed by atoms with Gasteiger partial charge in [-0.25, -0.2) is 4.39 Å². The second kappa shape index (κ2) is 9.70. The molecule has 1 N–H and O–H groups in total. The minimum atomic E-state index is -0.168. The van der Waals surface area contributed by atoms with E-state index in [1.54, 1.807) is 6.07 Å². The third-order valence-electron chi connectivity index (χ3n) is 5.54. The van der Waals surface area contributed by atoms with Gasteiger partial charge in [-0.05, 0) is 49.6 Å². The van der Waals surface area contributed by atoms with Crippen molar-refractivity contribution in [3.8, 4) is 0 Å². The van der Waals surface area contributed by atoms with Gasteiger partial charge in [-0.1, -0.05) is 29.8 Å². The molecule has 0 unspecified atom stereocenters. The van der Waals surface area contributed by atoms with Gasteiger partial charge in [0.1, 0.15) is 5.82 Å². The smallest absolute Gasteiger partial charge is 0.127 e. The zero-order valence-corrected chi connectivity index (χ0v) is 17.3. The molecule has 0 spiro atoms. The lowest BCUT2D eigenvalue weighted by Gasteiger charge is -2.26. The Hall–Kier alpha value is -1.95. The lowest BCUT2D eigenvalue weighted by atomic mass is 9.97. The van der Waals surface area contributed by atoms with E-state index in [0.29, 0.717) is 11.6 Å². The number of benzodiazepines with no additional fused rings is 1. The second-order valence-electron chi connectivity index (χ2n) is 7.54. The number of anilines is 1. The average molecular weight is 416 g/mol. The van der Waals surface area contributed by atoms with E-state index in [-0.39, 0.29) is 5.82 Å². The van der Waals surface area contributed by atoms with E-state index in [0.717, 1.165) is 86.7 Å². The predicted molar refractivity (Wildman–Crippen MR) is 117 cm³/mol. The topological polar surface area (TPSA) is 36.9 Å². The van der Waals surface area contributed by atoms with E-state index in [4.69, 9.17) is 16.3 Å². The van der Waals surface area contributed by atoms with Gasteiger partial charge in [0.05, 0.1) is 25.5 Å². The molecule has 0 saturated carbocycles. The van der Waals surface area contributed by atoms with Gasteiger partial charge in [-0.15, -0.1) is 0 Å². The van der Waals surface area contributed by atoms with E-state index < -0.39 is 0 Å². The van der Waals surface area contributed by atoms with Crippen LogP contribution in [0.2, 0.25) is 5.02 Å². The molecule has 2 aliphatic rings. The summed E-state index contributed by atoms with van der Waals surface area (Å²) in [5.41, 5.74) is 4.08. The van der Waals surface area contributed by atoms with Crippen LogP contribution < -0.4 is 5.32 Å². The normalized spacial score (nSPS) is 17.2. The lowest BCUT2D eigenvalue weighted by Crippen LogP contribution is -2.36. The summed E-state index contributed by atoms with van der Waals surface area (Å²) in [5.74, 6) is -0.168. The molecule has 0 aliphatic carbocycles. The predicted octanol–water partition coefficient (Wildman–Crippen LogP) is 4.40. The minimum Gasteiger partial charge on any atom is -0.383 e. The van der Waals surface area contributed by atoms with Gasteiger partial charge in [0, 0.05) is 41.5 Å². The summed E-state index contributed by atoms with van der Waals surface area (Å²) in [6.45, 7) is 6.05. The summed E-state index contributed by atoms with van der Waals surface area (Å²) in [5, 5.41) is 4.04. The largest absolute Gasteiger partial charge is 0.383 e. The fourth-order valence-electron chi connectivity index (χ4n) is 3.95. The maximum Gasteiger partial charge on any atom is 0.127 e. The van der Waals surface area contributed by atoms with Crippen LogP contribution in [0.3, 0.4) is 0 Å². The SMILES string of the molecule is Fc1cc2c(cc1CCCCN1CCOCC1)NCCN=C2c1ccccc1Cl. The van der Waals surface area contributed by atoms with E-state index >= 15 is 0 Å². The molecule has 2 aromatic rings. The first-order chi connectivity index (χ1) is 14.2. The lowest BCUT2D eigenvalue weighted by molar-refractivity contribution is 0.0372. The number of morpholine rings is 1. The molecule has 0 radical (unpaired) electrons. The molecule has 2 aromatic carbocycles. The minimum absolute atomic E-state index is 0.168. The van der Waals surface area contributed by atoms with E-state index in [1.807, 2.05) is 30.3 Å². The number of hydrogen-bond donors (Lipinski definition) is 1. The van der Waals surface area contributed by atoms with Crippen LogP contribution in [0, 0.1) is 5.82 Å². The van der Waals surface area contributed by atoms with E-state index in [9.17, 15) is 4.39 Å². The number of rotatable bonds is 6. The van der Waals surface area contributed by atoms with Crippen molar-refractivity contribution in [1.29, 1.82) is 0 Å². The number of ether oxygens (including phenoxy) is 1. The summed E-state index contributed by atoms with van der Waals surface area (Å²) in [6, 6.07) is 11.2. The Morgan fingerprint density at radius 2 is 1.93 bits per heavy atom. The molecule has 0 bridgehead atoms. The zero-order chi connectivity index (χ0) is 20.1. The third kappa shape index (κ3) is 4.97. The molecular formula is C23H27ClFN3O. The molecule has 1 saturated heterocycles. The van der Waals surface area contributed by atoms with Crippen LogP contribution in [-0.2, 0) is 11.2 Å². The fraction of sp³-hybridized carbons (Fsp3) is 0.435. The summed E-state index contributed by atoms with van der Waals surface area (Å²) in [4.78, 5) is 7.10. The molecule has 6 heteroatoms. The number of unbranched alkanes of at least 4 members (excludes halogenated alkanes) is 1. The van der Waals surface area contributed by atoms with Crippen molar-refractivity contribution in [3.63, 3.8) is 0 Å². The van der Waals surface area contributed by atoms with Crippen molar-refractivity contribution >= 4 is 23.0 Å². The monoisotopic (exact) mass is 415 g/mol. The molecule has 0 aromatic heterocycles. The highest BCUT2D eigenvalue weighted by Crippen LogP contribution is 2.29. The Morgan fingerprint density at radius 1 is 1.10 bits per heavy atom. The highest BCUT2D eigenvalue weighted by molar-refractivity contribution is 6.35. The highest BCUT2D eigenvalue weighted by Gasteiger charge is 2.19. The maximum atomic E-state index is 14.9. The molecule has 2 heterocycles. The molecule has 0 atom stereocenters. The van der Waals surface area contributed by atoms with Crippen molar-refractivity contribution in [2.45, 2.75) is 19.3 Å². The van der Waals surface area contributed by atoms with Crippen molar-refractivity contribution in [2.24, 2.45) is 4.99 Å². The summed E-state index contributed by atoms with van der Waals surface area (Å²) >= 11 is 6.39. The van der Waals surface area contributed by atoms with Crippen LogP contribution in [0.25, 0.3) is 0 Å². The van der Waals surface area contributed by atoms with Crippen molar-refractivity contribution in [3.05, 3.63) is 63.9 Å². The standard InChI is InChI=1S/C23H27ClFN3O/c24-20-7-2-1-6-18(20)23-19-16-21(25)17(15-22(19)26-8-9-27-23)5-3-4-10-28-11-13-29-14-12-28/h1-2,6-7,15-16,26H,3-5,8-14H2. The van der Waals surface area contributed by atoms with Gasteiger partial charge in [0.15, 0.2) is 0 Å². The second-order valence-corrected chi connectivity index (χ2v) is 7.94. The Labute approximate surface area is 176 Å². The first-order valence-corrected chi connectivity index (χ1v) is 10.8. The van der Waals surface area contributed by atoms with Crippen molar-refractivity contribution in [1.82, 2.24) is 4.90 Å². The third-order valence-corrected chi connectivity index (χ3v) is 5.87. The quantitative estimate of drug-likeness (QED) is 0.710. The molecule has 29 heavy (non-hydrogen) atoms. The highest BCUT2D eigenvalue weighted by atomic mass is 35.5. The number of aliphatic imine (C=N–C) groups is 1. The van der Waals surface area contributed by atoms with Crippen LogP contribution in [0.1, 0.15) is 29.5 Å². The molecule has 4 rings (SSSR count). The molecule has 1 fully saturated rings. The fourth-order valence-corrected chi connectivity index (χ4v) is 4.18. The average Bonchev–Trinajstić information content (AvgIpc) is 2.94. The zero-order valence-electron chi connectivity index (χ0n) is 16.6. The van der Waals surface area contributed by atoms with Gasteiger partial charge in [-0.2, -0.15) is 0 Å². The van der Waals surface area contributed by atoms with Gasteiger partial charge < -0.3 is 10.1 Å². The van der Waals surface area contributed by atoms with Gasteiger partial charge >= 0.3 is 0 Å². The number of fused-ring (bicyclic) bond motifs is 1. The number of benzene rings is 2. The van der Waals surface area contributed by atoms with Crippen molar-refractivity contribution < 1.29 is 9.13 Å². The van der Waals surface area contributed by atoms with E-state index in [2.05, 4.69) is 15.2 Å². The first kappa shape index (κ1) is 20.3. The number of hydrogen-bond acceptors (Lipinski definition) is 4. The summed E-state index contributed by atoms with van der Waals surface area (Å²) in [7, 11) is 0. The van der Waals surface area contributed by atoms with Crippen LogP contribution in [0.5, 0.6) is 0 Å². The maximum absolute atomic E-state index is 14.9. The Morgan fingerprint density at radius 3 is 2.76 bits per heavy atom. The number of halogens is 2. The first-order valence-electron chi connectivity index (χ1n) is 10.4. The van der Waals surface area contributed by atoms with Crippen LogP contribution >= 0.6 is 11.6 Å². The Kier molecular flexibility index (Phi) is 6.80. The van der Waals surface area contributed by atoms with Crippen LogP contribution in [-0.4, -0.2) is 56.5 Å². The number of nitrogens with one attached hydrogen (secondary N) is 1. The molecule has 0 amide bonds. The number of aryl methyl sites for hydroxylation is 1. The molecule has 4 nitrogen and oxygen atoms in total. The Bertz CT molecular complexity index is 880. The summed E-state index contributed by atoms with van der Waals surface area (Å²) < 4.78 is 20.3. The Balaban J connectivity index is 1.47. The van der Waals surface area contributed by atoms with E-state index in [1.165, 1.54) is 0 Å². The van der Waals surface area contributed by atoms with Gasteiger partial charge in [-0.3, -0.25) is 9.89 Å². The van der Waals surface area contributed by atoms with Crippen LogP contribution in [0.4, 0.5) is 10.1 Å². The molecular weight excluding hydrogens is 389 g/mol. The van der Waals surface area contributed by atoms with Gasteiger partial charge in [0.2, 0.25) is 0 Å².